The van der Waals surface area contributed by atoms with Gasteiger partial charge in [-0.25, -0.2) is 4.79 Å². The Kier molecular flexibility index (Phi) is 4.34. The fourth-order valence-electron chi connectivity index (χ4n) is 1.99. The van der Waals surface area contributed by atoms with Crippen molar-refractivity contribution in [3.63, 3.8) is 0 Å². The molecular weight excluding hydrogens is 254 g/mol. The summed E-state index contributed by atoms with van der Waals surface area (Å²) < 4.78 is 1.89. The summed E-state index contributed by atoms with van der Waals surface area (Å²) in [5.41, 5.74) is 2.74. The SMILES string of the molecule is Cc1cc(C)n(C[C@@H](C)NC(=O)Nc2cccnc2)n1. The van der Waals surface area contributed by atoms with E-state index in [9.17, 15) is 4.79 Å². The van der Waals surface area contributed by atoms with Gasteiger partial charge in [-0.15, -0.1) is 0 Å². The summed E-state index contributed by atoms with van der Waals surface area (Å²) in [6, 6.07) is 5.31. The van der Waals surface area contributed by atoms with Crippen LogP contribution in [0.4, 0.5) is 10.5 Å². The van der Waals surface area contributed by atoms with Crippen molar-refractivity contribution in [3.8, 4) is 0 Å². The third kappa shape index (κ3) is 3.81. The fraction of sp³-hybridized carbons (Fsp3) is 0.357. The van der Waals surface area contributed by atoms with E-state index in [1.165, 1.54) is 0 Å². The summed E-state index contributed by atoms with van der Waals surface area (Å²) in [5, 5.41) is 9.99. The van der Waals surface area contributed by atoms with E-state index in [4.69, 9.17) is 0 Å². The molecule has 0 saturated heterocycles. The largest absolute Gasteiger partial charge is 0.334 e. The van der Waals surface area contributed by atoms with Crippen molar-refractivity contribution in [2.45, 2.75) is 33.4 Å². The van der Waals surface area contributed by atoms with Gasteiger partial charge in [0.1, 0.15) is 0 Å². The molecule has 0 fully saturated rings. The summed E-state index contributed by atoms with van der Waals surface area (Å²) in [4.78, 5) is 15.8. The Bertz CT molecular complexity index is 579. The molecule has 0 aromatic carbocycles. The van der Waals surface area contributed by atoms with Crippen molar-refractivity contribution in [3.05, 3.63) is 42.0 Å². The molecule has 0 bridgehead atoms. The molecule has 2 aromatic heterocycles. The molecule has 20 heavy (non-hydrogen) atoms. The molecule has 1 atom stereocenters. The van der Waals surface area contributed by atoms with E-state index in [2.05, 4.69) is 20.7 Å². The highest BCUT2D eigenvalue weighted by molar-refractivity contribution is 5.89. The number of aryl methyl sites for hydroxylation is 2. The number of amides is 2. The maximum absolute atomic E-state index is 11.8. The highest BCUT2D eigenvalue weighted by Crippen LogP contribution is 2.04. The summed E-state index contributed by atoms with van der Waals surface area (Å²) in [7, 11) is 0. The van der Waals surface area contributed by atoms with Crippen molar-refractivity contribution in [2.75, 3.05) is 5.32 Å². The lowest BCUT2D eigenvalue weighted by Gasteiger charge is -2.15. The van der Waals surface area contributed by atoms with Crippen LogP contribution in [-0.4, -0.2) is 26.8 Å². The second-order valence-electron chi connectivity index (χ2n) is 4.85. The van der Waals surface area contributed by atoms with Crippen molar-refractivity contribution in [2.24, 2.45) is 0 Å². The van der Waals surface area contributed by atoms with Crippen LogP contribution >= 0.6 is 0 Å². The number of aromatic nitrogens is 3. The first-order chi connectivity index (χ1) is 9.54. The van der Waals surface area contributed by atoms with Crippen molar-refractivity contribution >= 4 is 11.7 Å². The van der Waals surface area contributed by atoms with Crippen LogP contribution in [0.1, 0.15) is 18.3 Å². The van der Waals surface area contributed by atoms with Crippen molar-refractivity contribution in [1.82, 2.24) is 20.1 Å². The van der Waals surface area contributed by atoms with Crippen LogP contribution in [0.3, 0.4) is 0 Å². The number of pyridine rings is 1. The number of rotatable bonds is 4. The zero-order valence-electron chi connectivity index (χ0n) is 11.9. The molecule has 2 N–H and O–H groups in total. The van der Waals surface area contributed by atoms with Gasteiger partial charge in [-0.3, -0.25) is 9.67 Å². The van der Waals surface area contributed by atoms with Crippen LogP contribution in [0.2, 0.25) is 0 Å². The van der Waals surface area contributed by atoms with E-state index >= 15 is 0 Å². The van der Waals surface area contributed by atoms with Crippen LogP contribution in [0, 0.1) is 13.8 Å². The number of nitrogens with one attached hydrogen (secondary N) is 2. The zero-order chi connectivity index (χ0) is 14.5. The Morgan fingerprint density at radius 1 is 1.45 bits per heavy atom. The first-order valence-corrected chi connectivity index (χ1v) is 6.53. The van der Waals surface area contributed by atoms with E-state index in [0.717, 1.165) is 11.4 Å². The number of carbonyl (C=O) groups excluding carboxylic acids is 1. The summed E-state index contributed by atoms with van der Waals surface area (Å²) in [6.45, 7) is 6.54. The topological polar surface area (TPSA) is 71.8 Å². The molecule has 0 spiro atoms. The predicted octanol–water partition coefficient (Wildman–Crippen LogP) is 2.11. The third-order valence-electron chi connectivity index (χ3n) is 2.85. The van der Waals surface area contributed by atoms with Gasteiger partial charge in [0.2, 0.25) is 0 Å². The molecule has 0 unspecified atom stereocenters. The van der Waals surface area contributed by atoms with Gasteiger partial charge in [-0.1, -0.05) is 0 Å². The Morgan fingerprint density at radius 2 is 2.25 bits per heavy atom. The summed E-state index contributed by atoms with van der Waals surface area (Å²) in [6.07, 6.45) is 3.26. The first-order valence-electron chi connectivity index (χ1n) is 6.53. The van der Waals surface area contributed by atoms with E-state index < -0.39 is 0 Å². The Labute approximate surface area is 118 Å². The number of nitrogens with zero attached hydrogens (tertiary/aromatic N) is 3. The molecule has 0 saturated carbocycles. The summed E-state index contributed by atoms with van der Waals surface area (Å²) >= 11 is 0. The van der Waals surface area contributed by atoms with Gasteiger partial charge in [0.15, 0.2) is 0 Å². The quantitative estimate of drug-likeness (QED) is 0.896. The number of anilines is 1. The molecule has 0 aliphatic heterocycles. The normalized spacial score (nSPS) is 11.9. The van der Waals surface area contributed by atoms with E-state index in [-0.39, 0.29) is 12.1 Å². The summed E-state index contributed by atoms with van der Waals surface area (Å²) in [5.74, 6) is 0. The van der Waals surface area contributed by atoms with Gasteiger partial charge in [0.05, 0.1) is 24.1 Å². The monoisotopic (exact) mass is 273 g/mol. The molecule has 2 rings (SSSR count). The number of hydrogen-bond acceptors (Lipinski definition) is 3. The van der Waals surface area contributed by atoms with Crippen LogP contribution in [-0.2, 0) is 6.54 Å². The lowest BCUT2D eigenvalue weighted by molar-refractivity contribution is 0.247. The maximum atomic E-state index is 11.8. The highest BCUT2D eigenvalue weighted by atomic mass is 16.2. The average molecular weight is 273 g/mol. The first kappa shape index (κ1) is 14.0. The zero-order valence-corrected chi connectivity index (χ0v) is 11.9. The lowest BCUT2D eigenvalue weighted by atomic mass is 10.3. The molecule has 6 nitrogen and oxygen atoms in total. The second-order valence-corrected chi connectivity index (χ2v) is 4.85. The highest BCUT2D eigenvalue weighted by Gasteiger charge is 2.10. The Hall–Kier alpha value is -2.37. The number of carbonyl (C=O) groups is 1. The van der Waals surface area contributed by atoms with E-state index in [1.807, 2.05) is 31.5 Å². The van der Waals surface area contributed by atoms with Crippen molar-refractivity contribution in [1.29, 1.82) is 0 Å². The maximum Gasteiger partial charge on any atom is 0.319 e. The van der Waals surface area contributed by atoms with Gasteiger partial charge < -0.3 is 10.6 Å². The molecule has 0 aliphatic carbocycles. The van der Waals surface area contributed by atoms with E-state index in [0.29, 0.717) is 12.2 Å². The van der Waals surface area contributed by atoms with Gasteiger partial charge in [-0.2, -0.15) is 5.10 Å². The fourth-order valence-corrected chi connectivity index (χ4v) is 1.99. The molecular formula is C14H19N5O. The Balaban J connectivity index is 1.86. The molecule has 2 aromatic rings. The molecule has 0 radical (unpaired) electrons. The smallest absolute Gasteiger partial charge is 0.319 e. The minimum absolute atomic E-state index is 0.0235. The van der Waals surface area contributed by atoms with Crippen molar-refractivity contribution < 1.29 is 4.79 Å². The molecule has 0 aliphatic rings. The van der Waals surface area contributed by atoms with Gasteiger partial charge in [0.25, 0.3) is 0 Å². The average Bonchev–Trinajstić information content (AvgIpc) is 2.68. The minimum atomic E-state index is -0.243. The molecule has 106 valence electrons. The standard InChI is InChI=1S/C14H19N5O/c1-10-7-12(3)19(18-10)9-11(2)16-14(20)17-13-5-4-6-15-8-13/h4-8,11H,9H2,1-3H3,(H2,16,17,20)/t11-/m1/s1. The number of urea groups is 1. The Morgan fingerprint density at radius 3 is 2.85 bits per heavy atom. The predicted molar refractivity (Wildman–Crippen MR) is 77.6 cm³/mol. The third-order valence-corrected chi connectivity index (χ3v) is 2.85. The van der Waals surface area contributed by atoms with Gasteiger partial charge in [0, 0.05) is 17.9 Å². The van der Waals surface area contributed by atoms with Crippen LogP contribution in [0.15, 0.2) is 30.6 Å². The van der Waals surface area contributed by atoms with Crippen LogP contribution < -0.4 is 10.6 Å². The van der Waals surface area contributed by atoms with E-state index in [1.54, 1.807) is 24.5 Å². The molecule has 6 heteroatoms. The number of hydrogen-bond donors (Lipinski definition) is 2. The van der Waals surface area contributed by atoms with Crippen LogP contribution in [0.5, 0.6) is 0 Å². The molecule has 2 amide bonds. The van der Waals surface area contributed by atoms with Gasteiger partial charge >= 0.3 is 6.03 Å². The minimum Gasteiger partial charge on any atom is -0.334 e. The van der Waals surface area contributed by atoms with Gasteiger partial charge in [-0.05, 0) is 39.0 Å². The van der Waals surface area contributed by atoms with Crippen LogP contribution in [0.25, 0.3) is 0 Å². The lowest BCUT2D eigenvalue weighted by Crippen LogP contribution is -2.39. The molecule has 2 heterocycles. The second kappa shape index (κ2) is 6.18.